The largest absolute Gasteiger partial charge is 0.357 e. The van der Waals surface area contributed by atoms with Gasteiger partial charge in [-0.1, -0.05) is 29.3 Å². The first-order valence-corrected chi connectivity index (χ1v) is 6.19. The fraction of sp³-hybridized carbons (Fsp3) is 0.417. The molecule has 0 aliphatic carbocycles. The summed E-state index contributed by atoms with van der Waals surface area (Å²) in [4.78, 5) is 6.22. The quantitative estimate of drug-likeness (QED) is 0.475. The zero-order valence-corrected chi connectivity index (χ0v) is 14.5. The van der Waals surface area contributed by atoms with E-state index in [0.29, 0.717) is 10.0 Å². The van der Waals surface area contributed by atoms with Gasteiger partial charge in [0.15, 0.2) is 5.96 Å². The van der Waals surface area contributed by atoms with Crippen LogP contribution in [0, 0.1) is 0 Å². The van der Waals surface area contributed by atoms with E-state index in [1.807, 2.05) is 37.1 Å². The van der Waals surface area contributed by atoms with Gasteiger partial charge in [0.2, 0.25) is 0 Å². The number of hydrogen-bond donors (Lipinski definition) is 1. The van der Waals surface area contributed by atoms with E-state index in [9.17, 15) is 0 Å². The van der Waals surface area contributed by atoms with Gasteiger partial charge in [-0.05, 0) is 24.6 Å². The molecule has 102 valence electrons. The fourth-order valence-corrected chi connectivity index (χ4v) is 1.85. The summed E-state index contributed by atoms with van der Waals surface area (Å²) in [5, 5.41) is 4.35. The summed E-state index contributed by atoms with van der Waals surface area (Å²) >= 11 is 11.9. The molecule has 0 saturated heterocycles. The molecule has 0 atom stereocenters. The molecule has 0 amide bonds. The molecule has 0 radical (unpaired) electrons. The second kappa shape index (κ2) is 8.82. The van der Waals surface area contributed by atoms with Crippen molar-refractivity contribution in [1.82, 2.24) is 10.2 Å². The summed E-state index contributed by atoms with van der Waals surface area (Å²) < 4.78 is 0. The van der Waals surface area contributed by atoms with Crippen LogP contribution in [-0.4, -0.2) is 31.5 Å². The van der Waals surface area contributed by atoms with E-state index < -0.39 is 0 Å². The normalized spacial score (nSPS) is 10.8. The highest BCUT2D eigenvalue weighted by Gasteiger charge is 2.06. The first-order valence-electron chi connectivity index (χ1n) is 5.44. The Hall–Kier alpha value is -0.200. The molecule has 0 unspecified atom stereocenters. The zero-order chi connectivity index (χ0) is 12.8. The number of rotatable bonds is 3. The van der Waals surface area contributed by atoms with Gasteiger partial charge < -0.3 is 10.2 Å². The van der Waals surface area contributed by atoms with Gasteiger partial charge in [-0.25, -0.2) is 0 Å². The molecule has 0 heterocycles. The Balaban J connectivity index is 0.00000289. The van der Waals surface area contributed by atoms with Gasteiger partial charge in [0.25, 0.3) is 0 Å². The van der Waals surface area contributed by atoms with E-state index in [4.69, 9.17) is 23.2 Å². The topological polar surface area (TPSA) is 27.6 Å². The Labute approximate surface area is 136 Å². The minimum absolute atomic E-state index is 0. The van der Waals surface area contributed by atoms with Crippen molar-refractivity contribution >= 4 is 53.1 Å². The Morgan fingerprint density at radius 3 is 2.50 bits per heavy atom. The fourth-order valence-electron chi connectivity index (χ4n) is 1.53. The van der Waals surface area contributed by atoms with Gasteiger partial charge in [-0.2, -0.15) is 0 Å². The number of aliphatic imine (C=N–C) groups is 1. The summed E-state index contributed by atoms with van der Waals surface area (Å²) in [6.45, 7) is 3.62. The summed E-state index contributed by atoms with van der Waals surface area (Å²) in [7, 11) is 3.75. The molecule has 1 aromatic carbocycles. The van der Waals surface area contributed by atoms with Crippen LogP contribution in [0.25, 0.3) is 0 Å². The van der Waals surface area contributed by atoms with Gasteiger partial charge in [0, 0.05) is 27.2 Å². The van der Waals surface area contributed by atoms with Crippen LogP contribution < -0.4 is 5.32 Å². The predicted octanol–water partition coefficient (Wildman–Crippen LogP) is 3.64. The highest BCUT2D eigenvalue weighted by Crippen LogP contribution is 2.23. The van der Waals surface area contributed by atoms with Crippen molar-refractivity contribution in [2.24, 2.45) is 4.99 Å². The Kier molecular flexibility index (Phi) is 8.73. The molecule has 0 saturated carbocycles. The van der Waals surface area contributed by atoms with E-state index in [1.165, 1.54) is 0 Å². The van der Waals surface area contributed by atoms with Crippen LogP contribution in [0.5, 0.6) is 0 Å². The molecule has 6 heteroatoms. The van der Waals surface area contributed by atoms with Crippen LogP contribution in [0.3, 0.4) is 0 Å². The van der Waals surface area contributed by atoms with Crippen molar-refractivity contribution in [3.63, 3.8) is 0 Å². The standard InChI is InChI=1S/C12H17Cl2N3.HI/c1-4-16-12(15-2)17(3)8-9-5-6-10(13)11(14)7-9;/h5-7H,4,8H2,1-3H3,(H,15,16);1H. The third-order valence-electron chi connectivity index (χ3n) is 2.31. The number of nitrogens with one attached hydrogen (secondary N) is 1. The lowest BCUT2D eigenvalue weighted by molar-refractivity contribution is 0.479. The second-order valence-electron chi connectivity index (χ2n) is 3.68. The van der Waals surface area contributed by atoms with Gasteiger partial charge in [-0.3, -0.25) is 4.99 Å². The number of guanidine groups is 1. The summed E-state index contributed by atoms with van der Waals surface area (Å²) in [6, 6.07) is 5.65. The Morgan fingerprint density at radius 2 is 2.00 bits per heavy atom. The smallest absolute Gasteiger partial charge is 0.193 e. The Bertz CT molecular complexity index is 410. The lowest BCUT2D eigenvalue weighted by Gasteiger charge is -2.21. The molecule has 0 aliphatic rings. The molecule has 0 bridgehead atoms. The third-order valence-corrected chi connectivity index (χ3v) is 3.05. The molecule has 1 aromatic rings. The number of hydrogen-bond acceptors (Lipinski definition) is 1. The average molecular weight is 402 g/mol. The maximum atomic E-state index is 5.98. The van der Waals surface area contributed by atoms with E-state index in [2.05, 4.69) is 10.3 Å². The second-order valence-corrected chi connectivity index (χ2v) is 4.50. The molecule has 3 nitrogen and oxygen atoms in total. The van der Waals surface area contributed by atoms with Crippen LogP contribution in [0.2, 0.25) is 10.0 Å². The van der Waals surface area contributed by atoms with Crippen LogP contribution in [-0.2, 0) is 6.54 Å². The van der Waals surface area contributed by atoms with E-state index in [0.717, 1.165) is 24.6 Å². The van der Waals surface area contributed by atoms with Crippen molar-refractivity contribution in [3.8, 4) is 0 Å². The first kappa shape index (κ1) is 17.8. The lowest BCUT2D eigenvalue weighted by atomic mass is 10.2. The van der Waals surface area contributed by atoms with Crippen LogP contribution in [0.1, 0.15) is 12.5 Å². The molecular weight excluding hydrogens is 384 g/mol. The molecule has 0 spiro atoms. The van der Waals surface area contributed by atoms with Gasteiger partial charge in [-0.15, -0.1) is 24.0 Å². The van der Waals surface area contributed by atoms with Crippen molar-refractivity contribution in [3.05, 3.63) is 33.8 Å². The molecule has 0 aromatic heterocycles. The van der Waals surface area contributed by atoms with Gasteiger partial charge >= 0.3 is 0 Å². The number of nitrogens with zero attached hydrogens (tertiary/aromatic N) is 2. The SMILES string of the molecule is CCNC(=NC)N(C)Cc1ccc(Cl)c(Cl)c1.I. The highest BCUT2D eigenvalue weighted by atomic mass is 127. The number of benzene rings is 1. The zero-order valence-electron chi connectivity index (χ0n) is 10.7. The van der Waals surface area contributed by atoms with Crippen LogP contribution in [0.15, 0.2) is 23.2 Å². The molecule has 0 aliphatic heterocycles. The summed E-state index contributed by atoms with van der Waals surface area (Å²) in [6.07, 6.45) is 0. The summed E-state index contributed by atoms with van der Waals surface area (Å²) in [5.41, 5.74) is 1.10. The lowest BCUT2D eigenvalue weighted by Crippen LogP contribution is -2.38. The van der Waals surface area contributed by atoms with Crippen LogP contribution in [0.4, 0.5) is 0 Å². The monoisotopic (exact) mass is 401 g/mol. The average Bonchev–Trinajstić information content (AvgIpc) is 2.30. The first-order chi connectivity index (χ1) is 8.08. The third kappa shape index (κ3) is 5.20. The minimum atomic E-state index is 0. The number of halogens is 3. The van der Waals surface area contributed by atoms with Crippen LogP contribution >= 0.6 is 47.2 Å². The Morgan fingerprint density at radius 1 is 1.33 bits per heavy atom. The van der Waals surface area contributed by atoms with Crippen molar-refractivity contribution in [1.29, 1.82) is 0 Å². The van der Waals surface area contributed by atoms with E-state index in [-0.39, 0.29) is 24.0 Å². The molecule has 0 fully saturated rings. The molecule has 1 rings (SSSR count). The summed E-state index contributed by atoms with van der Waals surface area (Å²) in [5.74, 6) is 0.860. The van der Waals surface area contributed by atoms with Crippen molar-refractivity contribution in [2.75, 3.05) is 20.6 Å². The highest BCUT2D eigenvalue weighted by molar-refractivity contribution is 14.0. The maximum absolute atomic E-state index is 5.98. The van der Waals surface area contributed by atoms with Crippen molar-refractivity contribution in [2.45, 2.75) is 13.5 Å². The minimum Gasteiger partial charge on any atom is -0.357 e. The predicted molar refractivity (Wildman–Crippen MR) is 90.4 cm³/mol. The van der Waals surface area contributed by atoms with Crippen molar-refractivity contribution < 1.29 is 0 Å². The molecule has 18 heavy (non-hydrogen) atoms. The van der Waals surface area contributed by atoms with Gasteiger partial charge in [0.1, 0.15) is 0 Å². The van der Waals surface area contributed by atoms with E-state index >= 15 is 0 Å². The molecular formula is C12H18Cl2IN3. The van der Waals surface area contributed by atoms with E-state index in [1.54, 1.807) is 7.05 Å². The van der Waals surface area contributed by atoms with Gasteiger partial charge in [0.05, 0.1) is 10.0 Å². The molecule has 1 N–H and O–H groups in total. The maximum Gasteiger partial charge on any atom is 0.193 e.